The molecule has 1 fully saturated rings. The van der Waals surface area contributed by atoms with E-state index in [1.165, 1.54) is 25.7 Å². The second-order valence-electron chi connectivity index (χ2n) is 4.09. The Morgan fingerprint density at radius 1 is 1.27 bits per heavy atom. The monoisotopic (exact) mass is 221 g/mol. The van der Waals surface area contributed by atoms with Gasteiger partial charge in [-0.25, -0.2) is 9.97 Å². The zero-order valence-corrected chi connectivity index (χ0v) is 9.11. The van der Waals surface area contributed by atoms with E-state index >= 15 is 0 Å². The highest BCUT2D eigenvalue weighted by atomic mass is 35.5. The first kappa shape index (κ1) is 9.16. The number of imidazole rings is 1. The number of nitrogens with zero attached hydrogens (tertiary/aromatic N) is 3. The van der Waals surface area contributed by atoms with E-state index in [2.05, 4.69) is 14.5 Å². The first-order valence-corrected chi connectivity index (χ1v) is 5.70. The molecule has 1 saturated carbocycles. The van der Waals surface area contributed by atoms with E-state index in [-0.39, 0.29) is 0 Å². The van der Waals surface area contributed by atoms with Crippen LogP contribution in [-0.4, -0.2) is 14.5 Å². The van der Waals surface area contributed by atoms with Gasteiger partial charge in [-0.2, -0.15) is 0 Å². The molecule has 0 atom stereocenters. The molecule has 2 aromatic heterocycles. The summed E-state index contributed by atoms with van der Waals surface area (Å²) in [5, 5.41) is 0.544. The zero-order chi connectivity index (χ0) is 10.3. The molecule has 1 aliphatic rings. The minimum Gasteiger partial charge on any atom is -0.327 e. The predicted molar refractivity (Wildman–Crippen MR) is 60.0 cm³/mol. The Bertz CT molecular complexity index is 486. The Labute approximate surface area is 93.1 Å². The molecule has 0 N–H and O–H groups in total. The van der Waals surface area contributed by atoms with Crippen molar-refractivity contribution in [1.82, 2.24) is 14.5 Å². The molecule has 2 aromatic rings. The molecule has 0 saturated heterocycles. The number of hydrogen-bond acceptors (Lipinski definition) is 2. The summed E-state index contributed by atoms with van der Waals surface area (Å²) in [6.07, 6.45) is 8.81. The van der Waals surface area contributed by atoms with Crippen LogP contribution in [0.1, 0.15) is 31.7 Å². The van der Waals surface area contributed by atoms with Crippen LogP contribution < -0.4 is 0 Å². The normalized spacial score (nSPS) is 17.7. The molecular weight excluding hydrogens is 210 g/mol. The highest BCUT2D eigenvalue weighted by Gasteiger charge is 2.18. The third kappa shape index (κ3) is 1.51. The summed E-state index contributed by atoms with van der Waals surface area (Å²) in [7, 11) is 0. The Hall–Kier alpha value is -1.09. The molecule has 0 unspecified atom stereocenters. The molecule has 2 heterocycles. The number of fused-ring (bicyclic) bond motifs is 1. The van der Waals surface area contributed by atoms with Crippen LogP contribution in [0.25, 0.3) is 11.0 Å². The minimum absolute atomic E-state index is 0.544. The van der Waals surface area contributed by atoms with E-state index in [1.54, 1.807) is 6.20 Å². The van der Waals surface area contributed by atoms with Gasteiger partial charge in [0.15, 0.2) is 0 Å². The summed E-state index contributed by atoms with van der Waals surface area (Å²) < 4.78 is 2.25. The van der Waals surface area contributed by atoms with Crippen LogP contribution in [0.15, 0.2) is 18.6 Å². The van der Waals surface area contributed by atoms with Crippen molar-refractivity contribution < 1.29 is 0 Å². The molecule has 3 nitrogen and oxygen atoms in total. The van der Waals surface area contributed by atoms with Crippen LogP contribution in [0, 0.1) is 0 Å². The van der Waals surface area contributed by atoms with Gasteiger partial charge in [-0.3, -0.25) is 0 Å². The quantitative estimate of drug-likeness (QED) is 0.693. The number of halogens is 1. The van der Waals surface area contributed by atoms with Crippen molar-refractivity contribution in [3.8, 4) is 0 Å². The summed E-state index contributed by atoms with van der Waals surface area (Å²) in [6.45, 7) is 0. The van der Waals surface area contributed by atoms with E-state index in [4.69, 9.17) is 11.6 Å². The lowest BCUT2D eigenvalue weighted by molar-refractivity contribution is 0.532. The Balaban J connectivity index is 2.13. The number of pyridine rings is 1. The smallest absolute Gasteiger partial charge is 0.131 e. The van der Waals surface area contributed by atoms with E-state index in [0.717, 1.165) is 11.0 Å². The van der Waals surface area contributed by atoms with E-state index in [0.29, 0.717) is 11.2 Å². The molecule has 0 spiro atoms. The summed E-state index contributed by atoms with van der Waals surface area (Å²) >= 11 is 5.90. The van der Waals surface area contributed by atoms with Crippen molar-refractivity contribution >= 4 is 22.6 Å². The summed E-state index contributed by atoms with van der Waals surface area (Å²) in [4.78, 5) is 8.38. The van der Waals surface area contributed by atoms with E-state index in [1.807, 2.05) is 12.4 Å². The molecule has 0 radical (unpaired) electrons. The van der Waals surface area contributed by atoms with Crippen molar-refractivity contribution in [2.24, 2.45) is 0 Å². The average molecular weight is 222 g/mol. The lowest BCUT2D eigenvalue weighted by Gasteiger charge is -2.11. The van der Waals surface area contributed by atoms with E-state index in [9.17, 15) is 0 Å². The van der Waals surface area contributed by atoms with Gasteiger partial charge < -0.3 is 4.57 Å². The molecule has 0 amide bonds. The molecule has 0 bridgehead atoms. The average Bonchev–Trinajstić information content (AvgIpc) is 2.83. The van der Waals surface area contributed by atoms with Crippen LogP contribution in [-0.2, 0) is 0 Å². The predicted octanol–water partition coefficient (Wildman–Crippen LogP) is 3.20. The van der Waals surface area contributed by atoms with Crippen LogP contribution in [0.3, 0.4) is 0 Å². The molecular formula is C11H12ClN3. The fourth-order valence-corrected chi connectivity index (χ4v) is 2.53. The van der Waals surface area contributed by atoms with Crippen LogP contribution in [0.4, 0.5) is 0 Å². The molecule has 78 valence electrons. The van der Waals surface area contributed by atoms with Gasteiger partial charge in [-0.1, -0.05) is 24.4 Å². The van der Waals surface area contributed by atoms with Gasteiger partial charge >= 0.3 is 0 Å². The molecule has 3 rings (SSSR count). The zero-order valence-electron chi connectivity index (χ0n) is 8.36. The summed E-state index contributed by atoms with van der Waals surface area (Å²) in [5.74, 6) is 0. The molecule has 0 aliphatic heterocycles. The maximum absolute atomic E-state index is 5.90. The van der Waals surface area contributed by atoms with Gasteiger partial charge in [0, 0.05) is 12.1 Å². The maximum Gasteiger partial charge on any atom is 0.131 e. The van der Waals surface area contributed by atoms with Crippen LogP contribution in [0.2, 0.25) is 5.15 Å². The maximum atomic E-state index is 5.90. The topological polar surface area (TPSA) is 30.7 Å². The Morgan fingerprint density at radius 3 is 2.87 bits per heavy atom. The third-order valence-electron chi connectivity index (χ3n) is 3.15. The second kappa shape index (κ2) is 3.49. The van der Waals surface area contributed by atoms with Gasteiger partial charge in [0.05, 0.1) is 18.0 Å². The summed E-state index contributed by atoms with van der Waals surface area (Å²) in [6, 6.07) is 2.51. The Kier molecular flexibility index (Phi) is 2.13. The fraction of sp³-hybridized carbons (Fsp3) is 0.455. The number of aromatic nitrogens is 3. The molecule has 0 aromatic carbocycles. The van der Waals surface area contributed by atoms with Crippen molar-refractivity contribution in [1.29, 1.82) is 0 Å². The SMILES string of the molecule is Clc1cc2c(cn1)ncn2C1CCCC1. The van der Waals surface area contributed by atoms with Crippen LogP contribution >= 0.6 is 11.6 Å². The van der Waals surface area contributed by atoms with Gasteiger partial charge in [0.25, 0.3) is 0 Å². The lowest BCUT2D eigenvalue weighted by atomic mass is 10.2. The highest BCUT2D eigenvalue weighted by Crippen LogP contribution is 2.32. The molecule has 15 heavy (non-hydrogen) atoms. The van der Waals surface area contributed by atoms with Crippen molar-refractivity contribution in [3.05, 3.63) is 23.7 Å². The van der Waals surface area contributed by atoms with E-state index < -0.39 is 0 Å². The van der Waals surface area contributed by atoms with Crippen LogP contribution in [0.5, 0.6) is 0 Å². The van der Waals surface area contributed by atoms with Crippen molar-refractivity contribution in [3.63, 3.8) is 0 Å². The molecule has 4 heteroatoms. The minimum atomic E-state index is 0.544. The second-order valence-corrected chi connectivity index (χ2v) is 4.47. The van der Waals surface area contributed by atoms with Gasteiger partial charge in [0.2, 0.25) is 0 Å². The highest BCUT2D eigenvalue weighted by molar-refractivity contribution is 6.29. The first-order chi connectivity index (χ1) is 7.34. The number of rotatable bonds is 1. The third-order valence-corrected chi connectivity index (χ3v) is 3.35. The van der Waals surface area contributed by atoms with Crippen molar-refractivity contribution in [2.75, 3.05) is 0 Å². The lowest BCUT2D eigenvalue weighted by Crippen LogP contribution is -2.02. The largest absolute Gasteiger partial charge is 0.327 e. The van der Waals surface area contributed by atoms with Crippen molar-refractivity contribution in [2.45, 2.75) is 31.7 Å². The number of hydrogen-bond donors (Lipinski definition) is 0. The fourth-order valence-electron chi connectivity index (χ4n) is 2.38. The van der Waals surface area contributed by atoms with Gasteiger partial charge in [-0.05, 0) is 12.8 Å². The first-order valence-electron chi connectivity index (χ1n) is 5.33. The van der Waals surface area contributed by atoms with Gasteiger partial charge in [-0.15, -0.1) is 0 Å². The van der Waals surface area contributed by atoms with Gasteiger partial charge in [0.1, 0.15) is 10.7 Å². The standard InChI is InChI=1S/C11H12ClN3/c12-11-5-10-9(6-13-11)14-7-15(10)8-3-1-2-4-8/h5-8H,1-4H2. The Morgan fingerprint density at radius 2 is 2.07 bits per heavy atom. The molecule has 1 aliphatic carbocycles. The summed E-state index contributed by atoms with van der Waals surface area (Å²) in [5.41, 5.74) is 2.05.